The first-order chi connectivity index (χ1) is 7.44. The number of nitrogen functional groups attached to an aromatic ring is 1. The third-order valence-corrected chi connectivity index (χ3v) is 2.59. The minimum atomic E-state index is 0.0343. The molecule has 0 saturated heterocycles. The van der Waals surface area contributed by atoms with Crippen LogP contribution in [0.1, 0.15) is 26.0 Å². The van der Waals surface area contributed by atoms with Gasteiger partial charge < -0.3 is 16.2 Å². The van der Waals surface area contributed by atoms with Gasteiger partial charge in [-0.1, -0.05) is 13.8 Å². The average Bonchev–Trinajstić information content (AvgIpc) is 2.19. The number of nitrogens with one attached hydrogen (secondary N) is 1. The lowest BCUT2D eigenvalue weighted by Gasteiger charge is -2.24. The lowest BCUT2D eigenvalue weighted by Crippen LogP contribution is -2.25. The highest BCUT2D eigenvalue weighted by atomic mass is 16.3. The van der Waals surface area contributed by atoms with Gasteiger partial charge in [-0.15, -0.1) is 0 Å². The van der Waals surface area contributed by atoms with Gasteiger partial charge in [-0.3, -0.25) is 0 Å². The summed E-state index contributed by atoms with van der Waals surface area (Å²) in [6.45, 7) is 7.08. The maximum atomic E-state index is 8.93. The molecule has 0 amide bonds. The number of hydrogen-bond donors (Lipinski definition) is 3. The molecule has 0 fully saturated rings. The number of aliphatic hydroxyl groups excluding tert-OH is 1. The van der Waals surface area contributed by atoms with Crippen molar-refractivity contribution < 1.29 is 5.11 Å². The molecule has 90 valence electrons. The van der Waals surface area contributed by atoms with Crippen LogP contribution in [0.3, 0.4) is 0 Å². The summed E-state index contributed by atoms with van der Waals surface area (Å²) in [4.78, 5) is 4.34. The summed E-state index contributed by atoms with van der Waals surface area (Å²) in [5.41, 5.74) is 7.45. The molecule has 1 rings (SSSR count). The van der Waals surface area contributed by atoms with E-state index in [1.807, 2.05) is 19.1 Å². The minimum absolute atomic E-state index is 0.0343. The predicted molar refractivity (Wildman–Crippen MR) is 67.4 cm³/mol. The van der Waals surface area contributed by atoms with Crippen LogP contribution in [0, 0.1) is 12.3 Å². The highest BCUT2D eigenvalue weighted by molar-refractivity contribution is 5.61. The molecule has 0 aliphatic heterocycles. The number of pyridine rings is 1. The second-order valence-electron chi connectivity index (χ2n) is 4.88. The molecule has 1 heterocycles. The molecule has 0 saturated carbocycles. The highest BCUT2D eigenvalue weighted by Gasteiger charge is 2.17. The van der Waals surface area contributed by atoms with Crippen molar-refractivity contribution in [3.8, 4) is 0 Å². The zero-order valence-corrected chi connectivity index (χ0v) is 10.2. The fourth-order valence-corrected chi connectivity index (χ4v) is 1.42. The SMILES string of the molecule is Cc1ccc(N)c(NCC(C)(C)CCO)n1. The maximum absolute atomic E-state index is 8.93. The maximum Gasteiger partial charge on any atom is 0.149 e. The van der Waals surface area contributed by atoms with E-state index in [-0.39, 0.29) is 12.0 Å². The molecule has 0 aliphatic rings. The summed E-state index contributed by atoms with van der Waals surface area (Å²) < 4.78 is 0. The smallest absolute Gasteiger partial charge is 0.149 e. The standard InChI is InChI=1S/C12H21N3O/c1-9-4-5-10(13)11(15-9)14-8-12(2,3)6-7-16/h4-5,16H,6-8,13H2,1-3H3,(H,14,15). The fraction of sp³-hybridized carbons (Fsp3) is 0.583. The number of rotatable bonds is 5. The van der Waals surface area contributed by atoms with Crippen molar-refractivity contribution in [1.82, 2.24) is 4.98 Å². The van der Waals surface area contributed by atoms with Crippen molar-refractivity contribution in [2.24, 2.45) is 5.41 Å². The Kier molecular flexibility index (Phi) is 4.12. The molecule has 0 atom stereocenters. The Balaban J connectivity index is 2.63. The van der Waals surface area contributed by atoms with E-state index in [0.717, 1.165) is 24.5 Å². The van der Waals surface area contributed by atoms with Crippen LogP contribution >= 0.6 is 0 Å². The van der Waals surface area contributed by atoms with Crippen LogP contribution < -0.4 is 11.1 Å². The van der Waals surface area contributed by atoms with E-state index in [1.165, 1.54) is 0 Å². The van der Waals surface area contributed by atoms with E-state index in [9.17, 15) is 0 Å². The fourth-order valence-electron chi connectivity index (χ4n) is 1.42. The molecule has 4 nitrogen and oxygen atoms in total. The van der Waals surface area contributed by atoms with Crippen LogP contribution in [0.5, 0.6) is 0 Å². The molecule has 0 bridgehead atoms. The minimum Gasteiger partial charge on any atom is -0.396 e. The normalized spacial score (nSPS) is 11.5. The zero-order valence-electron chi connectivity index (χ0n) is 10.2. The monoisotopic (exact) mass is 223 g/mol. The van der Waals surface area contributed by atoms with Crippen LogP contribution in [-0.2, 0) is 0 Å². The first-order valence-corrected chi connectivity index (χ1v) is 5.52. The van der Waals surface area contributed by atoms with Gasteiger partial charge in [-0.2, -0.15) is 0 Å². The van der Waals surface area contributed by atoms with Gasteiger partial charge in [-0.25, -0.2) is 4.98 Å². The Labute approximate surface area is 96.9 Å². The topological polar surface area (TPSA) is 71.2 Å². The highest BCUT2D eigenvalue weighted by Crippen LogP contribution is 2.22. The Morgan fingerprint density at radius 3 is 2.75 bits per heavy atom. The van der Waals surface area contributed by atoms with Gasteiger partial charge in [0.25, 0.3) is 0 Å². The summed E-state index contributed by atoms with van der Waals surface area (Å²) in [5, 5.41) is 12.2. The second kappa shape index (κ2) is 5.16. The molecule has 1 aromatic heterocycles. The van der Waals surface area contributed by atoms with Crippen LogP contribution in [0.25, 0.3) is 0 Å². The number of aromatic nitrogens is 1. The first kappa shape index (κ1) is 12.8. The molecule has 16 heavy (non-hydrogen) atoms. The summed E-state index contributed by atoms with van der Waals surface area (Å²) in [6.07, 6.45) is 0.756. The van der Waals surface area contributed by atoms with Crippen molar-refractivity contribution in [3.63, 3.8) is 0 Å². The Hall–Kier alpha value is -1.29. The third kappa shape index (κ3) is 3.70. The van der Waals surface area contributed by atoms with Crippen molar-refractivity contribution in [1.29, 1.82) is 0 Å². The van der Waals surface area contributed by atoms with Crippen LogP contribution in [0.4, 0.5) is 11.5 Å². The number of aryl methyl sites for hydroxylation is 1. The Morgan fingerprint density at radius 2 is 2.12 bits per heavy atom. The van der Waals surface area contributed by atoms with E-state index in [4.69, 9.17) is 10.8 Å². The molecule has 4 heteroatoms. The van der Waals surface area contributed by atoms with E-state index >= 15 is 0 Å². The van der Waals surface area contributed by atoms with Gasteiger partial charge in [0.1, 0.15) is 5.82 Å². The first-order valence-electron chi connectivity index (χ1n) is 5.52. The molecule has 0 spiro atoms. The van der Waals surface area contributed by atoms with E-state index in [0.29, 0.717) is 5.69 Å². The van der Waals surface area contributed by atoms with Crippen LogP contribution in [0.2, 0.25) is 0 Å². The quantitative estimate of drug-likeness (QED) is 0.711. The number of anilines is 2. The molecular weight excluding hydrogens is 202 g/mol. The molecule has 0 aromatic carbocycles. The second-order valence-corrected chi connectivity index (χ2v) is 4.88. The van der Waals surface area contributed by atoms with E-state index < -0.39 is 0 Å². The summed E-state index contributed by atoms with van der Waals surface area (Å²) in [7, 11) is 0. The average molecular weight is 223 g/mol. The largest absolute Gasteiger partial charge is 0.396 e. The van der Waals surface area contributed by atoms with Crippen molar-refractivity contribution >= 4 is 11.5 Å². The Morgan fingerprint density at radius 1 is 1.44 bits per heavy atom. The van der Waals surface area contributed by atoms with E-state index in [2.05, 4.69) is 24.1 Å². The number of nitrogens with two attached hydrogens (primary N) is 1. The van der Waals surface area contributed by atoms with Gasteiger partial charge in [0.2, 0.25) is 0 Å². The molecule has 0 aliphatic carbocycles. The Bertz CT molecular complexity index is 350. The molecule has 4 N–H and O–H groups in total. The summed E-state index contributed by atoms with van der Waals surface area (Å²) >= 11 is 0. The predicted octanol–water partition coefficient (Wildman–Crippen LogP) is 1.79. The summed E-state index contributed by atoms with van der Waals surface area (Å²) in [5.74, 6) is 0.728. The molecule has 1 aromatic rings. The van der Waals surface area contributed by atoms with Gasteiger partial charge in [0.05, 0.1) is 5.69 Å². The number of hydrogen-bond acceptors (Lipinski definition) is 4. The number of nitrogens with zero attached hydrogens (tertiary/aromatic N) is 1. The lowest BCUT2D eigenvalue weighted by atomic mass is 9.90. The zero-order chi connectivity index (χ0) is 12.2. The third-order valence-electron chi connectivity index (χ3n) is 2.59. The number of aliphatic hydroxyl groups is 1. The lowest BCUT2D eigenvalue weighted by molar-refractivity contribution is 0.220. The molecule has 0 unspecified atom stereocenters. The van der Waals surface area contributed by atoms with Crippen molar-refractivity contribution in [2.75, 3.05) is 24.2 Å². The van der Waals surface area contributed by atoms with Gasteiger partial charge >= 0.3 is 0 Å². The van der Waals surface area contributed by atoms with Crippen LogP contribution in [0.15, 0.2) is 12.1 Å². The molecular formula is C12H21N3O. The van der Waals surface area contributed by atoms with E-state index in [1.54, 1.807) is 0 Å². The van der Waals surface area contributed by atoms with Gasteiger partial charge in [0.15, 0.2) is 0 Å². The summed E-state index contributed by atoms with van der Waals surface area (Å²) in [6, 6.07) is 3.74. The van der Waals surface area contributed by atoms with Crippen LogP contribution in [-0.4, -0.2) is 23.2 Å². The van der Waals surface area contributed by atoms with Crippen molar-refractivity contribution in [3.05, 3.63) is 17.8 Å². The van der Waals surface area contributed by atoms with Gasteiger partial charge in [-0.05, 0) is 30.9 Å². The van der Waals surface area contributed by atoms with Gasteiger partial charge in [0, 0.05) is 18.8 Å². The van der Waals surface area contributed by atoms with Crippen molar-refractivity contribution in [2.45, 2.75) is 27.2 Å². The molecule has 0 radical (unpaired) electrons.